The van der Waals surface area contributed by atoms with E-state index in [-0.39, 0.29) is 35.5 Å². The number of benzene rings is 3. The van der Waals surface area contributed by atoms with Crippen molar-refractivity contribution in [2.24, 2.45) is 0 Å². The normalized spacial score (nSPS) is 16.5. The van der Waals surface area contributed by atoms with Gasteiger partial charge in [0.25, 0.3) is 0 Å². The second-order valence-corrected chi connectivity index (χ2v) is 12.6. The molecule has 1 fully saturated rings. The summed E-state index contributed by atoms with van der Waals surface area (Å²) in [5.74, 6) is -0.421. The third-order valence-electron chi connectivity index (χ3n) is 5.84. The third-order valence-corrected chi connectivity index (χ3v) is 9.34. The Morgan fingerprint density at radius 2 is 1.42 bits per heavy atom. The van der Waals surface area contributed by atoms with Crippen molar-refractivity contribution >= 4 is 31.6 Å². The highest BCUT2D eigenvalue weighted by Gasteiger charge is 2.26. The maximum Gasteiger partial charge on any atom is 0.243 e. The lowest BCUT2D eigenvalue weighted by atomic mass is 10.2. The van der Waals surface area contributed by atoms with Gasteiger partial charge >= 0.3 is 0 Å². The van der Waals surface area contributed by atoms with Gasteiger partial charge in [-0.2, -0.15) is 4.31 Å². The Kier molecular flexibility index (Phi) is 8.44. The van der Waals surface area contributed by atoms with Gasteiger partial charge in [-0.1, -0.05) is 35.9 Å². The molecular weight excluding hydrogens is 527 g/mol. The molecular formula is C25H26ClFN2O5S2. The summed E-state index contributed by atoms with van der Waals surface area (Å²) in [4.78, 5) is -0.0983. The summed E-state index contributed by atoms with van der Waals surface area (Å²) >= 11 is 5.96. The van der Waals surface area contributed by atoms with E-state index in [4.69, 9.17) is 16.3 Å². The quantitative estimate of drug-likeness (QED) is 0.404. The van der Waals surface area contributed by atoms with E-state index in [1.165, 1.54) is 52.8 Å². The van der Waals surface area contributed by atoms with Crippen molar-refractivity contribution in [1.29, 1.82) is 0 Å². The molecule has 7 nitrogen and oxygen atoms in total. The highest BCUT2D eigenvalue weighted by atomic mass is 35.5. The molecule has 1 aliphatic rings. The van der Waals surface area contributed by atoms with Gasteiger partial charge in [0.05, 0.1) is 15.9 Å². The number of hydrogen-bond acceptors (Lipinski definition) is 5. The fourth-order valence-corrected chi connectivity index (χ4v) is 6.45. The average molecular weight is 553 g/mol. The Hall–Kier alpha value is -2.34. The number of sulfonamides is 2. The molecule has 3 aromatic carbocycles. The number of nitrogens with one attached hydrogen (secondary N) is 1. The summed E-state index contributed by atoms with van der Waals surface area (Å²) in [6, 6.07) is 17.5. The molecule has 0 aliphatic carbocycles. The van der Waals surface area contributed by atoms with Crippen LogP contribution in [0.2, 0.25) is 5.02 Å². The summed E-state index contributed by atoms with van der Waals surface area (Å²) < 4.78 is 75.1. The predicted octanol–water partition coefficient (Wildman–Crippen LogP) is 4.33. The number of rotatable bonds is 10. The van der Waals surface area contributed by atoms with Gasteiger partial charge in [0, 0.05) is 31.3 Å². The van der Waals surface area contributed by atoms with Crippen LogP contribution < -0.4 is 4.72 Å². The number of ether oxygens (including phenoxy) is 1. The maximum atomic E-state index is 13.6. The highest BCUT2D eigenvalue weighted by molar-refractivity contribution is 7.89. The smallest absolute Gasteiger partial charge is 0.243 e. The van der Waals surface area contributed by atoms with Crippen molar-refractivity contribution in [1.82, 2.24) is 9.03 Å². The zero-order valence-corrected chi connectivity index (χ0v) is 21.7. The van der Waals surface area contributed by atoms with Crippen LogP contribution in [-0.4, -0.2) is 40.4 Å². The summed E-state index contributed by atoms with van der Waals surface area (Å²) in [7, 11) is -7.86. The van der Waals surface area contributed by atoms with E-state index in [9.17, 15) is 21.2 Å². The van der Waals surface area contributed by atoms with Gasteiger partial charge in [-0.3, -0.25) is 0 Å². The molecule has 0 amide bonds. The fraction of sp³-hybridized carbons (Fsp3) is 0.280. The molecule has 0 radical (unpaired) electrons. The monoisotopic (exact) mass is 552 g/mol. The van der Waals surface area contributed by atoms with Crippen molar-refractivity contribution in [2.75, 3.05) is 13.2 Å². The molecule has 1 atom stereocenters. The Bertz CT molecular complexity index is 1330. The molecule has 1 saturated heterocycles. The van der Waals surface area contributed by atoms with E-state index in [2.05, 4.69) is 4.72 Å². The lowest BCUT2D eigenvalue weighted by molar-refractivity contribution is 0.114. The van der Waals surface area contributed by atoms with Crippen LogP contribution in [0.15, 0.2) is 82.6 Å². The Morgan fingerprint density at radius 3 is 1.97 bits per heavy atom. The van der Waals surface area contributed by atoms with Crippen LogP contribution in [0.1, 0.15) is 24.0 Å². The van der Waals surface area contributed by atoms with Crippen molar-refractivity contribution in [3.63, 3.8) is 0 Å². The molecule has 1 heterocycles. The van der Waals surface area contributed by atoms with Gasteiger partial charge in [-0.15, -0.1) is 0 Å². The largest absolute Gasteiger partial charge is 0.377 e. The second-order valence-electron chi connectivity index (χ2n) is 8.48. The first-order valence-corrected chi connectivity index (χ1v) is 14.6. The summed E-state index contributed by atoms with van der Waals surface area (Å²) in [6.45, 7) is 0.812. The van der Waals surface area contributed by atoms with Crippen LogP contribution in [0, 0.1) is 5.82 Å². The first-order chi connectivity index (χ1) is 17.1. The van der Waals surface area contributed by atoms with Gasteiger partial charge in [0.15, 0.2) is 0 Å². The van der Waals surface area contributed by atoms with Gasteiger partial charge in [0.2, 0.25) is 20.0 Å². The molecule has 1 aliphatic heterocycles. The standard InChI is InChI=1S/C25H26ClFN2O5S2/c26-21-7-3-19(4-8-21)17-29(18-20-5-9-22(27)10-6-20)36(32,33)25-13-11-24(12-14-25)35(30,31)28-16-23-2-1-15-34-23/h3-14,23,28H,1-2,15-18H2/t23-/m0/s1. The first-order valence-electron chi connectivity index (χ1n) is 11.3. The van der Waals surface area contributed by atoms with E-state index in [0.717, 1.165) is 12.8 Å². The van der Waals surface area contributed by atoms with E-state index < -0.39 is 25.9 Å². The van der Waals surface area contributed by atoms with Crippen LogP contribution >= 0.6 is 11.6 Å². The van der Waals surface area contributed by atoms with Crippen molar-refractivity contribution in [3.8, 4) is 0 Å². The van der Waals surface area contributed by atoms with Crippen LogP contribution in [0.4, 0.5) is 4.39 Å². The molecule has 11 heteroatoms. The van der Waals surface area contributed by atoms with Gasteiger partial charge in [-0.05, 0) is 72.5 Å². The van der Waals surface area contributed by atoms with Crippen LogP contribution in [-0.2, 0) is 37.9 Å². The van der Waals surface area contributed by atoms with Crippen LogP contribution in [0.3, 0.4) is 0 Å². The molecule has 0 bridgehead atoms. The van der Waals surface area contributed by atoms with E-state index in [1.807, 2.05) is 0 Å². The maximum absolute atomic E-state index is 13.6. The minimum Gasteiger partial charge on any atom is -0.377 e. The minimum atomic E-state index is -4.03. The van der Waals surface area contributed by atoms with Gasteiger partial charge < -0.3 is 4.74 Å². The van der Waals surface area contributed by atoms with E-state index in [1.54, 1.807) is 24.3 Å². The van der Waals surface area contributed by atoms with Crippen molar-refractivity contribution in [3.05, 3.63) is 94.8 Å². The molecule has 1 N–H and O–H groups in total. The third kappa shape index (κ3) is 6.70. The summed E-state index contributed by atoms with van der Waals surface area (Å²) in [5.41, 5.74) is 1.31. The SMILES string of the molecule is O=S(=O)(NC[C@@H]1CCCO1)c1ccc(S(=O)(=O)N(Cc2ccc(F)cc2)Cc2ccc(Cl)cc2)cc1. The lowest BCUT2D eigenvalue weighted by Gasteiger charge is -2.23. The summed E-state index contributed by atoms with van der Waals surface area (Å²) in [6.07, 6.45) is 1.52. The molecule has 4 rings (SSSR count). The van der Waals surface area contributed by atoms with Gasteiger partial charge in [0.1, 0.15) is 5.82 Å². The average Bonchev–Trinajstić information content (AvgIpc) is 3.39. The molecule has 0 saturated carbocycles. The number of halogens is 2. The molecule has 0 spiro atoms. The van der Waals surface area contributed by atoms with Crippen LogP contribution in [0.5, 0.6) is 0 Å². The second kappa shape index (κ2) is 11.4. The van der Waals surface area contributed by atoms with E-state index in [0.29, 0.717) is 22.8 Å². The number of nitrogens with zero attached hydrogens (tertiary/aromatic N) is 1. The zero-order valence-electron chi connectivity index (χ0n) is 19.3. The lowest BCUT2D eigenvalue weighted by Crippen LogP contribution is -2.32. The molecule has 36 heavy (non-hydrogen) atoms. The number of hydrogen-bond donors (Lipinski definition) is 1. The molecule has 3 aromatic rings. The van der Waals surface area contributed by atoms with Gasteiger partial charge in [-0.25, -0.2) is 25.9 Å². The Labute approximate surface area is 216 Å². The fourth-order valence-electron chi connectivity index (χ4n) is 3.84. The van der Waals surface area contributed by atoms with Crippen LogP contribution in [0.25, 0.3) is 0 Å². The Balaban J connectivity index is 1.57. The highest BCUT2D eigenvalue weighted by Crippen LogP contribution is 2.24. The summed E-state index contributed by atoms with van der Waals surface area (Å²) in [5, 5.41) is 0.525. The molecule has 0 unspecified atom stereocenters. The first kappa shape index (κ1) is 26.7. The zero-order chi connectivity index (χ0) is 25.8. The minimum absolute atomic E-state index is 0.00572. The predicted molar refractivity (Wildman–Crippen MR) is 135 cm³/mol. The van der Waals surface area contributed by atoms with Crippen molar-refractivity contribution < 1.29 is 26.0 Å². The van der Waals surface area contributed by atoms with E-state index >= 15 is 0 Å². The topological polar surface area (TPSA) is 92.8 Å². The molecule has 192 valence electrons. The van der Waals surface area contributed by atoms with Crippen molar-refractivity contribution in [2.45, 2.75) is 41.8 Å². The Morgan fingerprint density at radius 1 is 0.861 bits per heavy atom. The molecule has 0 aromatic heterocycles.